The molecule has 0 radical (unpaired) electrons. The van der Waals surface area contributed by atoms with Crippen LogP contribution in [0.1, 0.15) is 16.7 Å². The number of oxime groups is 1. The average molecular weight is 307 g/mol. The summed E-state index contributed by atoms with van der Waals surface area (Å²) in [6.45, 7) is 4.13. The Kier molecular flexibility index (Phi) is 4.57. The number of nitrogens with two attached hydrogens (primary N) is 1. The standard InChI is InChI=1S/C15H15ClN2OS/c1-9-3-4-10(2)14(7-9)20-13-6-5-11(8-12(13)16)15(17)18-19/h3-8,19H,1-2H3,(H2,17,18). The molecule has 0 fully saturated rings. The van der Waals surface area contributed by atoms with Crippen LogP contribution >= 0.6 is 23.4 Å². The molecule has 0 spiro atoms. The molecular formula is C15H15ClN2OS. The van der Waals surface area contributed by atoms with Gasteiger partial charge in [0.05, 0.1) is 5.02 Å². The third-order valence-electron chi connectivity index (χ3n) is 2.90. The lowest BCUT2D eigenvalue weighted by Gasteiger charge is -2.09. The van der Waals surface area contributed by atoms with Gasteiger partial charge in [-0.1, -0.05) is 40.7 Å². The van der Waals surface area contributed by atoms with Crippen LogP contribution in [0, 0.1) is 13.8 Å². The Labute approximate surface area is 127 Å². The highest BCUT2D eigenvalue weighted by atomic mass is 35.5. The van der Waals surface area contributed by atoms with Gasteiger partial charge in [0.2, 0.25) is 0 Å². The van der Waals surface area contributed by atoms with E-state index in [1.807, 2.05) is 6.07 Å². The van der Waals surface area contributed by atoms with Crippen molar-refractivity contribution in [3.63, 3.8) is 0 Å². The molecule has 0 atom stereocenters. The minimum Gasteiger partial charge on any atom is -0.409 e. The smallest absolute Gasteiger partial charge is 0.170 e. The molecule has 3 N–H and O–H groups in total. The summed E-state index contributed by atoms with van der Waals surface area (Å²) < 4.78 is 0. The molecule has 2 rings (SSSR count). The lowest BCUT2D eigenvalue weighted by molar-refractivity contribution is 0.318. The van der Waals surface area contributed by atoms with Crippen molar-refractivity contribution < 1.29 is 5.21 Å². The van der Waals surface area contributed by atoms with Gasteiger partial charge >= 0.3 is 0 Å². The Balaban J connectivity index is 2.33. The molecule has 2 aromatic carbocycles. The molecule has 0 amide bonds. The van der Waals surface area contributed by atoms with Gasteiger partial charge in [-0.25, -0.2) is 0 Å². The van der Waals surface area contributed by atoms with Crippen molar-refractivity contribution >= 4 is 29.2 Å². The first-order chi connectivity index (χ1) is 9.51. The first kappa shape index (κ1) is 14.8. The number of hydrogen-bond acceptors (Lipinski definition) is 3. The van der Waals surface area contributed by atoms with Gasteiger partial charge in [-0.2, -0.15) is 0 Å². The summed E-state index contributed by atoms with van der Waals surface area (Å²) in [6.07, 6.45) is 0. The average Bonchev–Trinajstić information content (AvgIpc) is 2.44. The fourth-order valence-corrected chi connectivity index (χ4v) is 3.04. The van der Waals surface area contributed by atoms with Gasteiger partial charge in [0.15, 0.2) is 5.84 Å². The molecule has 0 saturated heterocycles. The Bertz CT molecular complexity index is 671. The highest BCUT2D eigenvalue weighted by Crippen LogP contribution is 2.35. The second kappa shape index (κ2) is 6.20. The lowest BCUT2D eigenvalue weighted by atomic mass is 10.2. The molecule has 5 heteroatoms. The van der Waals surface area contributed by atoms with E-state index in [0.717, 1.165) is 4.90 Å². The topological polar surface area (TPSA) is 58.6 Å². The number of hydrogen-bond donors (Lipinski definition) is 2. The predicted octanol–water partition coefficient (Wildman–Crippen LogP) is 4.20. The van der Waals surface area contributed by atoms with E-state index in [1.165, 1.54) is 16.0 Å². The van der Waals surface area contributed by atoms with Gasteiger partial charge in [-0.15, -0.1) is 0 Å². The quantitative estimate of drug-likeness (QED) is 0.387. The minimum absolute atomic E-state index is 0.0511. The number of aryl methyl sites for hydroxylation is 2. The van der Waals surface area contributed by atoms with Crippen molar-refractivity contribution in [2.75, 3.05) is 0 Å². The zero-order chi connectivity index (χ0) is 14.7. The normalized spacial score (nSPS) is 11.7. The van der Waals surface area contributed by atoms with E-state index in [2.05, 4.69) is 37.2 Å². The van der Waals surface area contributed by atoms with Crippen LogP contribution in [0.25, 0.3) is 0 Å². The Morgan fingerprint density at radius 2 is 1.90 bits per heavy atom. The fourth-order valence-electron chi connectivity index (χ4n) is 1.74. The molecule has 0 aliphatic rings. The molecule has 3 nitrogen and oxygen atoms in total. The number of nitrogens with zero attached hydrogens (tertiary/aromatic N) is 1. The zero-order valence-electron chi connectivity index (χ0n) is 11.2. The Hall–Kier alpha value is -1.65. The second-order valence-electron chi connectivity index (χ2n) is 4.50. The molecular weight excluding hydrogens is 292 g/mol. The maximum atomic E-state index is 8.67. The van der Waals surface area contributed by atoms with Gasteiger partial charge in [-0.3, -0.25) is 0 Å². The van der Waals surface area contributed by atoms with E-state index in [1.54, 1.807) is 23.9 Å². The third kappa shape index (κ3) is 3.26. The number of amidine groups is 1. The summed E-state index contributed by atoms with van der Waals surface area (Å²) >= 11 is 7.87. The van der Waals surface area contributed by atoms with Crippen molar-refractivity contribution in [2.45, 2.75) is 23.6 Å². The summed E-state index contributed by atoms with van der Waals surface area (Å²) in [7, 11) is 0. The van der Waals surface area contributed by atoms with E-state index in [4.69, 9.17) is 22.5 Å². The second-order valence-corrected chi connectivity index (χ2v) is 5.99. The molecule has 0 aliphatic heterocycles. The van der Waals surface area contributed by atoms with Crippen LogP contribution in [0.15, 0.2) is 51.3 Å². The van der Waals surface area contributed by atoms with Crippen molar-refractivity contribution in [3.8, 4) is 0 Å². The van der Waals surface area contributed by atoms with Gasteiger partial charge < -0.3 is 10.9 Å². The first-order valence-electron chi connectivity index (χ1n) is 6.04. The van der Waals surface area contributed by atoms with Crippen LogP contribution in [-0.4, -0.2) is 11.0 Å². The first-order valence-corrected chi connectivity index (χ1v) is 7.23. The SMILES string of the molecule is Cc1ccc(C)c(Sc2ccc(C(N)=NO)cc2Cl)c1. The summed E-state index contributed by atoms with van der Waals surface area (Å²) in [5, 5.41) is 12.2. The Morgan fingerprint density at radius 3 is 2.55 bits per heavy atom. The van der Waals surface area contributed by atoms with Crippen molar-refractivity contribution in [2.24, 2.45) is 10.9 Å². The van der Waals surface area contributed by atoms with E-state index in [-0.39, 0.29) is 5.84 Å². The molecule has 0 saturated carbocycles. The van der Waals surface area contributed by atoms with Crippen molar-refractivity contribution in [3.05, 3.63) is 58.1 Å². The monoisotopic (exact) mass is 306 g/mol. The number of halogens is 1. The largest absolute Gasteiger partial charge is 0.409 e. The van der Waals surface area contributed by atoms with Gasteiger partial charge in [0.25, 0.3) is 0 Å². The molecule has 0 aliphatic carbocycles. The van der Waals surface area contributed by atoms with E-state index >= 15 is 0 Å². The molecule has 2 aromatic rings. The van der Waals surface area contributed by atoms with Crippen molar-refractivity contribution in [1.82, 2.24) is 0 Å². The molecule has 0 aromatic heterocycles. The van der Waals surface area contributed by atoms with E-state index in [0.29, 0.717) is 10.6 Å². The zero-order valence-corrected chi connectivity index (χ0v) is 12.8. The van der Waals surface area contributed by atoms with Crippen LogP contribution < -0.4 is 5.73 Å². The molecule has 104 valence electrons. The van der Waals surface area contributed by atoms with Crippen LogP contribution in [0.3, 0.4) is 0 Å². The highest BCUT2D eigenvalue weighted by Gasteiger charge is 2.08. The molecule has 0 bridgehead atoms. The highest BCUT2D eigenvalue weighted by molar-refractivity contribution is 7.99. The third-order valence-corrected chi connectivity index (χ3v) is 4.56. The van der Waals surface area contributed by atoms with E-state index < -0.39 is 0 Å². The number of benzene rings is 2. The number of rotatable bonds is 3. The summed E-state index contributed by atoms with van der Waals surface area (Å²) in [5.41, 5.74) is 8.56. The fraction of sp³-hybridized carbons (Fsp3) is 0.133. The summed E-state index contributed by atoms with van der Waals surface area (Å²) in [6, 6.07) is 11.7. The summed E-state index contributed by atoms with van der Waals surface area (Å²) in [5.74, 6) is 0.0511. The lowest BCUT2D eigenvalue weighted by Crippen LogP contribution is -2.12. The minimum atomic E-state index is 0.0511. The van der Waals surface area contributed by atoms with Crippen LogP contribution in [0.5, 0.6) is 0 Å². The molecule has 0 unspecified atom stereocenters. The van der Waals surface area contributed by atoms with Crippen LogP contribution in [0.2, 0.25) is 5.02 Å². The molecule has 0 heterocycles. The van der Waals surface area contributed by atoms with E-state index in [9.17, 15) is 0 Å². The van der Waals surface area contributed by atoms with Crippen LogP contribution in [0.4, 0.5) is 0 Å². The van der Waals surface area contributed by atoms with Gasteiger partial charge in [-0.05, 0) is 49.2 Å². The van der Waals surface area contributed by atoms with Crippen LogP contribution in [-0.2, 0) is 0 Å². The van der Waals surface area contributed by atoms with Crippen molar-refractivity contribution in [1.29, 1.82) is 0 Å². The Morgan fingerprint density at radius 1 is 1.15 bits per heavy atom. The maximum Gasteiger partial charge on any atom is 0.170 e. The van der Waals surface area contributed by atoms with Gasteiger partial charge in [0, 0.05) is 15.4 Å². The predicted molar refractivity (Wildman–Crippen MR) is 84.0 cm³/mol. The summed E-state index contributed by atoms with van der Waals surface area (Å²) in [4.78, 5) is 2.11. The van der Waals surface area contributed by atoms with Gasteiger partial charge in [0.1, 0.15) is 0 Å². The molecule has 20 heavy (non-hydrogen) atoms. The maximum absolute atomic E-state index is 8.67.